The van der Waals surface area contributed by atoms with Gasteiger partial charge in [-0.05, 0) is 26.3 Å². The zero-order chi connectivity index (χ0) is 17.0. The molecule has 2 rings (SSSR count). The van der Waals surface area contributed by atoms with Gasteiger partial charge >= 0.3 is 5.69 Å². The molecule has 7 nitrogen and oxygen atoms in total. The van der Waals surface area contributed by atoms with E-state index < -0.39 is 4.92 Å². The van der Waals surface area contributed by atoms with E-state index in [0.717, 1.165) is 5.56 Å². The van der Waals surface area contributed by atoms with Gasteiger partial charge in [-0.2, -0.15) is 5.10 Å². The lowest BCUT2D eigenvalue weighted by molar-refractivity contribution is -0.386. The first-order chi connectivity index (χ1) is 10.9. The maximum atomic E-state index is 12.5. The fraction of sp³-hybridized carbons (Fsp3) is 0.375. The summed E-state index contributed by atoms with van der Waals surface area (Å²) < 4.78 is 1.41. The smallest absolute Gasteiger partial charge is 0.312 e. The first-order valence-electron chi connectivity index (χ1n) is 7.44. The molecule has 7 heteroatoms. The summed E-state index contributed by atoms with van der Waals surface area (Å²) in [4.78, 5) is 24.8. The average molecular weight is 316 g/mol. The molecule has 0 spiro atoms. The lowest BCUT2D eigenvalue weighted by Crippen LogP contribution is -2.33. The first kappa shape index (κ1) is 16.7. The number of nitro groups is 1. The van der Waals surface area contributed by atoms with Crippen molar-refractivity contribution in [3.05, 3.63) is 57.4 Å². The second kappa shape index (κ2) is 7.04. The molecule has 0 aliphatic rings. The number of amides is 1. The molecule has 0 aliphatic heterocycles. The SMILES string of the molecule is CCN(Cc1ccccc1)C(=O)Cn1nc(C)c([N+](=O)[O-])c1C. The molecule has 23 heavy (non-hydrogen) atoms. The number of aromatic nitrogens is 2. The van der Waals surface area contributed by atoms with Crippen molar-refractivity contribution in [1.29, 1.82) is 0 Å². The van der Waals surface area contributed by atoms with E-state index in [0.29, 0.717) is 24.5 Å². The molecule has 1 amide bonds. The number of carbonyl (C=O) groups is 1. The van der Waals surface area contributed by atoms with Crippen molar-refractivity contribution in [2.75, 3.05) is 6.54 Å². The van der Waals surface area contributed by atoms with Crippen molar-refractivity contribution in [3.63, 3.8) is 0 Å². The van der Waals surface area contributed by atoms with Crippen molar-refractivity contribution in [1.82, 2.24) is 14.7 Å². The number of aryl methyl sites for hydroxylation is 1. The summed E-state index contributed by atoms with van der Waals surface area (Å²) in [5, 5.41) is 15.2. The lowest BCUT2D eigenvalue weighted by atomic mass is 10.2. The first-order valence-corrected chi connectivity index (χ1v) is 7.44. The van der Waals surface area contributed by atoms with E-state index >= 15 is 0 Å². The van der Waals surface area contributed by atoms with Crippen molar-refractivity contribution >= 4 is 11.6 Å². The van der Waals surface area contributed by atoms with Gasteiger partial charge in [-0.1, -0.05) is 30.3 Å². The van der Waals surface area contributed by atoms with E-state index in [1.807, 2.05) is 37.3 Å². The van der Waals surface area contributed by atoms with Crippen LogP contribution in [0.2, 0.25) is 0 Å². The average Bonchev–Trinajstić information content (AvgIpc) is 2.79. The minimum Gasteiger partial charge on any atom is -0.337 e. The summed E-state index contributed by atoms with van der Waals surface area (Å²) in [5.74, 6) is -0.114. The molecule has 0 bridgehead atoms. The van der Waals surface area contributed by atoms with Gasteiger partial charge in [0.15, 0.2) is 0 Å². The molecule has 0 atom stereocenters. The van der Waals surface area contributed by atoms with Crippen LogP contribution in [0.15, 0.2) is 30.3 Å². The van der Waals surface area contributed by atoms with E-state index in [4.69, 9.17) is 0 Å². The Kier molecular flexibility index (Phi) is 5.10. The monoisotopic (exact) mass is 316 g/mol. The number of likely N-dealkylation sites (N-methyl/N-ethyl adjacent to an activating group) is 1. The Morgan fingerprint density at radius 2 is 1.96 bits per heavy atom. The van der Waals surface area contributed by atoms with Gasteiger partial charge in [-0.25, -0.2) is 0 Å². The largest absolute Gasteiger partial charge is 0.337 e. The zero-order valence-electron chi connectivity index (χ0n) is 13.5. The van der Waals surface area contributed by atoms with E-state index in [2.05, 4.69) is 5.10 Å². The third-order valence-electron chi connectivity index (χ3n) is 3.76. The predicted molar refractivity (Wildman–Crippen MR) is 85.9 cm³/mol. The summed E-state index contributed by atoms with van der Waals surface area (Å²) in [7, 11) is 0. The Morgan fingerprint density at radius 3 is 2.48 bits per heavy atom. The minimum atomic E-state index is -0.458. The van der Waals surface area contributed by atoms with E-state index in [1.165, 1.54) is 4.68 Å². The Balaban J connectivity index is 2.14. The minimum absolute atomic E-state index is 0.00118. The highest BCUT2D eigenvalue weighted by Crippen LogP contribution is 2.21. The summed E-state index contributed by atoms with van der Waals surface area (Å²) >= 11 is 0. The highest BCUT2D eigenvalue weighted by molar-refractivity contribution is 5.76. The van der Waals surface area contributed by atoms with Crippen molar-refractivity contribution in [3.8, 4) is 0 Å². The number of hydrogen-bond acceptors (Lipinski definition) is 4. The van der Waals surface area contributed by atoms with Crippen LogP contribution in [0, 0.1) is 24.0 Å². The van der Waals surface area contributed by atoms with E-state index in [-0.39, 0.29) is 18.1 Å². The fourth-order valence-electron chi connectivity index (χ4n) is 2.51. The maximum Gasteiger partial charge on any atom is 0.312 e. The molecule has 0 fully saturated rings. The summed E-state index contributed by atoms with van der Waals surface area (Å²) in [6, 6.07) is 9.71. The topological polar surface area (TPSA) is 81.3 Å². The maximum absolute atomic E-state index is 12.5. The van der Waals surface area contributed by atoms with Gasteiger partial charge in [0.1, 0.15) is 17.9 Å². The normalized spacial score (nSPS) is 10.6. The summed E-state index contributed by atoms with van der Waals surface area (Å²) in [6.45, 7) is 6.17. The zero-order valence-corrected chi connectivity index (χ0v) is 13.5. The number of carbonyl (C=O) groups excluding carboxylic acids is 1. The number of hydrogen-bond donors (Lipinski definition) is 0. The molecular weight excluding hydrogens is 296 g/mol. The Labute approximate surface area is 134 Å². The third kappa shape index (κ3) is 3.74. The molecule has 0 saturated carbocycles. The fourth-order valence-corrected chi connectivity index (χ4v) is 2.51. The molecular formula is C16H20N4O3. The lowest BCUT2D eigenvalue weighted by Gasteiger charge is -2.21. The Bertz CT molecular complexity index is 710. The van der Waals surface area contributed by atoms with Crippen LogP contribution in [0.1, 0.15) is 23.9 Å². The van der Waals surface area contributed by atoms with Crippen molar-refractivity contribution in [2.24, 2.45) is 0 Å². The molecule has 1 aromatic carbocycles. The second-order valence-electron chi connectivity index (χ2n) is 5.33. The molecule has 0 saturated heterocycles. The van der Waals surface area contributed by atoms with Crippen molar-refractivity contribution < 1.29 is 9.72 Å². The summed E-state index contributed by atoms with van der Waals surface area (Å²) in [5.41, 5.74) is 1.74. The molecule has 0 aliphatic carbocycles. The van der Waals surface area contributed by atoms with Gasteiger partial charge in [0, 0.05) is 13.1 Å². The molecule has 0 N–H and O–H groups in total. The number of nitrogens with zero attached hydrogens (tertiary/aromatic N) is 4. The second-order valence-corrected chi connectivity index (χ2v) is 5.33. The molecule has 0 unspecified atom stereocenters. The molecule has 2 aromatic rings. The van der Waals surface area contributed by atoms with Gasteiger partial charge in [0.25, 0.3) is 0 Å². The Hall–Kier alpha value is -2.70. The highest BCUT2D eigenvalue weighted by atomic mass is 16.6. The number of benzene rings is 1. The van der Waals surface area contributed by atoms with Crippen molar-refractivity contribution in [2.45, 2.75) is 33.9 Å². The van der Waals surface area contributed by atoms with Gasteiger partial charge in [0.2, 0.25) is 5.91 Å². The van der Waals surface area contributed by atoms with Crippen LogP contribution in [0.4, 0.5) is 5.69 Å². The van der Waals surface area contributed by atoms with E-state index in [1.54, 1.807) is 18.7 Å². The highest BCUT2D eigenvalue weighted by Gasteiger charge is 2.23. The molecule has 1 aromatic heterocycles. The van der Waals surface area contributed by atoms with Crippen LogP contribution in [0.3, 0.4) is 0 Å². The van der Waals surface area contributed by atoms with Crippen LogP contribution in [0.25, 0.3) is 0 Å². The quantitative estimate of drug-likeness (QED) is 0.605. The van der Waals surface area contributed by atoms with Gasteiger partial charge in [0.05, 0.1) is 4.92 Å². The molecule has 122 valence electrons. The standard InChI is InChI=1S/C16H20N4O3/c1-4-18(10-14-8-6-5-7-9-14)15(21)11-19-13(3)16(20(22)23)12(2)17-19/h5-9H,4,10-11H2,1-3H3. The Morgan fingerprint density at radius 1 is 1.30 bits per heavy atom. The van der Waals surface area contributed by atoms with Crippen LogP contribution in [0.5, 0.6) is 0 Å². The predicted octanol–water partition coefficient (Wildman–Crippen LogP) is 2.46. The van der Waals surface area contributed by atoms with Gasteiger partial charge in [-0.3, -0.25) is 19.6 Å². The molecule has 0 radical (unpaired) electrons. The van der Waals surface area contributed by atoms with Crippen LogP contribution in [-0.4, -0.2) is 32.1 Å². The van der Waals surface area contributed by atoms with Crippen LogP contribution >= 0.6 is 0 Å². The van der Waals surface area contributed by atoms with E-state index in [9.17, 15) is 14.9 Å². The van der Waals surface area contributed by atoms with Gasteiger partial charge < -0.3 is 4.90 Å². The van der Waals surface area contributed by atoms with Gasteiger partial charge in [-0.15, -0.1) is 0 Å². The van der Waals surface area contributed by atoms with Crippen LogP contribution < -0.4 is 0 Å². The molecule has 1 heterocycles. The third-order valence-corrected chi connectivity index (χ3v) is 3.76. The summed E-state index contributed by atoms with van der Waals surface area (Å²) in [6.07, 6.45) is 0. The van der Waals surface area contributed by atoms with Crippen LogP contribution in [-0.2, 0) is 17.9 Å². The number of rotatable bonds is 6.